The fourth-order valence-corrected chi connectivity index (χ4v) is 1.70. The largest absolute Gasteiger partial charge is 0.462 e. The van der Waals surface area contributed by atoms with E-state index in [2.05, 4.69) is 5.32 Å². The summed E-state index contributed by atoms with van der Waals surface area (Å²) in [6.45, 7) is 3.87. The van der Waals surface area contributed by atoms with Crippen LogP contribution in [0.2, 0.25) is 0 Å². The van der Waals surface area contributed by atoms with Gasteiger partial charge in [-0.1, -0.05) is 0 Å². The molecule has 1 N–H and O–H groups in total. The van der Waals surface area contributed by atoms with Crippen molar-refractivity contribution < 1.29 is 18.7 Å². The molecule has 0 fully saturated rings. The number of carbonyl (C=O) groups is 2. The smallest absolute Gasteiger partial charge is 0.338 e. The summed E-state index contributed by atoms with van der Waals surface area (Å²) in [7, 11) is 0. The molecule has 104 valence electrons. The fraction of sp³-hybridized carbons (Fsp3) is 0.200. The van der Waals surface area contributed by atoms with Crippen LogP contribution >= 0.6 is 0 Å². The molecule has 5 heteroatoms. The van der Waals surface area contributed by atoms with Crippen molar-refractivity contribution in [2.24, 2.45) is 0 Å². The number of hydrogen-bond donors (Lipinski definition) is 1. The van der Waals surface area contributed by atoms with Crippen molar-refractivity contribution in [1.29, 1.82) is 0 Å². The minimum Gasteiger partial charge on any atom is -0.462 e. The Kier molecular flexibility index (Phi) is 4.20. The molecule has 0 spiro atoms. The van der Waals surface area contributed by atoms with Gasteiger partial charge in [-0.3, -0.25) is 4.79 Å². The number of esters is 1. The average Bonchev–Trinajstić information content (AvgIpc) is 2.86. The van der Waals surface area contributed by atoms with E-state index in [4.69, 9.17) is 9.15 Å². The van der Waals surface area contributed by atoms with Crippen molar-refractivity contribution in [3.63, 3.8) is 0 Å². The highest BCUT2D eigenvalue weighted by Crippen LogP contribution is 2.14. The van der Waals surface area contributed by atoms with E-state index in [1.165, 1.54) is 6.26 Å². The summed E-state index contributed by atoms with van der Waals surface area (Å²) >= 11 is 0. The number of aryl methyl sites for hydroxylation is 1. The summed E-state index contributed by atoms with van der Waals surface area (Å²) in [5.41, 5.74) is 1.79. The number of furan rings is 1. The molecule has 0 aliphatic heterocycles. The van der Waals surface area contributed by atoms with Crippen molar-refractivity contribution in [2.45, 2.75) is 13.8 Å². The molecule has 0 aliphatic carbocycles. The Morgan fingerprint density at radius 2 is 1.90 bits per heavy atom. The Morgan fingerprint density at radius 1 is 1.20 bits per heavy atom. The third-order valence-corrected chi connectivity index (χ3v) is 2.72. The minimum absolute atomic E-state index is 0.277. The normalized spacial score (nSPS) is 10.1. The summed E-state index contributed by atoms with van der Waals surface area (Å²) in [6, 6.07) is 8.20. The second-order valence-corrected chi connectivity index (χ2v) is 4.18. The summed E-state index contributed by atoms with van der Waals surface area (Å²) < 4.78 is 9.99. The molecule has 0 aliphatic rings. The van der Waals surface area contributed by atoms with E-state index < -0.39 is 0 Å². The first-order chi connectivity index (χ1) is 9.61. The van der Waals surface area contributed by atoms with E-state index in [0.717, 1.165) is 5.56 Å². The molecule has 1 aromatic heterocycles. The maximum absolute atomic E-state index is 11.9. The number of ether oxygens (including phenoxy) is 1. The van der Waals surface area contributed by atoms with Crippen LogP contribution < -0.4 is 5.32 Å². The highest BCUT2D eigenvalue weighted by molar-refractivity contribution is 6.03. The molecule has 1 heterocycles. The lowest BCUT2D eigenvalue weighted by atomic mass is 10.2. The molecule has 0 unspecified atom stereocenters. The van der Waals surface area contributed by atoms with Crippen molar-refractivity contribution >= 4 is 17.6 Å². The van der Waals surface area contributed by atoms with Gasteiger partial charge in [0.15, 0.2) is 5.76 Å². The van der Waals surface area contributed by atoms with Crippen LogP contribution in [0.3, 0.4) is 0 Å². The second kappa shape index (κ2) is 6.06. The van der Waals surface area contributed by atoms with Crippen LogP contribution in [0, 0.1) is 6.92 Å². The van der Waals surface area contributed by atoms with Crippen molar-refractivity contribution in [2.75, 3.05) is 11.9 Å². The third kappa shape index (κ3) is 3.06. The van der Waals surface area contributed by atoms with Crippen LogP contribution in [0.1, 0.15) is 33.4 Å². The van der Waals surface area contributed by atoms with Gasteiger partial charge in [0.25, 0.3) is 5.91 Å². The molecule has 1 amide bonds. The number of rotatable bonds is 4. The van der Waals surface area contributed by atoms with E-state index in [-0.39, 0.29) is 17.6 Å². The Labute approximate surface area is 116 Å². The summed E-state index contributed by atoms with van der Waals surface area (Å²) in [6.07, 6.45) is 1.47. The predicted molar refractivity (Wildman–Crippen MR) is 73.8 cm³/mol. The van der Waals surface area contributed by atoms with E-state index in [9.17, 15) is 9.59 Å². The van der Waals surface area contributed by atoms with Gasteiger partial charge in [-0.15, -0.1) is 0 Å². The number of benzene rings is 1. The predicted octanol–water partition coefficient (Wildman–Crippen LogP) is 3.02. The lowest BCUT2D eigenvalue weighted by molar-refractivity contribution is 0.0526. The highest BCUT2D eigenvalue weighted by atomic mass is 16.5. The van der Waals surface area contributed by atoms with Crippen LogP contribution in [-0.4, -0.2) is 18.5 Å². The molecule has 0 radical (unpaired) electrons. The fourth-order valence-electron chi connectivity index (χ4n) is 1.70. The molecule has 2 rings (SSSR count). The van der Waals surface area contributed by atoms with Gasteiger partial charge in [-0.2, -0.15) is 0 Å². The molecule has 5 nitrogen and oxygen atoms in total. The number of amides is 1. The molecule has 2 aromatic rings. The molecule has 0 saturated carbocycles. The molecule has 1 aromatic carbocycles. The Hall–Kier alpha value is -2.56. The Bertz CT molecular complexity index is 613. The standard InChI is InChI=1S/C15H15NO4/c1-3-19-15(18)11-4-6-12(7-5-11)16-14(17)13-10(2)8-9-20-13/h4-9H,3H2,1-2H3,(H,16,17). The van der Waals surface area contributed by atoms with E-state index in [0.29, 0.717) is 17.9 Å². The maximum atomic E-state index is 11.9. The van der Waals surface area contributed by atoms with Gasteiger partial charge in [-0.25, -0.2) is 4.79 Å². The SMILES string of the molecule is CCOC(=O)c1ccc(NC(=O)c2occc2C)cc1. The van der Waals surface area contributed by atoms with Crippen LogP contribution in [0.4, 0.5) is 5.69 Å². The third-order valence-electron chi connectivity index (χ3n) is 2.72. The van der Waals surface area contributed by atoms with Crippen molar-refractivity contribution in [3.05, 3.63) is 53.5 Å². The maximum Gasteiger partial charge on any atom is 0.338 e. The van der Waals surface area contributed by atoms with Gasteiger partial charge in [0.1, 0.15) is 0 Å². The number of carbonyl (C=O) groups excluding carboxylic acids is 2. The molecule has 0 atom stereocenters. The van der Waals surface area contributed by atoms with Gasteiger partial charge in [0.05, 0.1) is 18.4 Å². The topological polar surface area (TPSA) is 68.5 Å². The second-order valence-electron chi connectivity index (χ2n) is 4.18. The van der Waals surface area contributed by atoms with Gasteiger partial charge < -0.3 is 14.5 Å². The van der Waals surface area contributed by atoms with Crippen molar-refractivity contribution in [3.8, 4) is 0 Å². The Morgan fingerprint density at radius 3 is 2.45 bits per heavy atom. The zero-order chi connectivity index (χ0) is 14.5. The average molecular weight is 273 g/mol. The van der Waals surface area contributed by atoms with Gasteiger partial charge >= 0.3 is 5.97 Å². The zero-order valence-electron chi connectivity index (χ0n) is 11.3. The quantitative estimate of drug-likeness (QED) is 0.869. The lowest BCUT2D eigenvalue weighted by Gasteiger charge is -2.05. The first-order valence-electron chi connectivity index (χ1n) is 6.24. The molecule has 20 heavy (non-hydrogen) atoms. The monoisotopic (exact) mass is 273 g/mol. The van der Waals surface area contributed by atoms with Crippen molar-refractivity contribution in [1.82, 2.24) is 0 Å². The summed E-state index contributed by atoms with van der Waals surface area (Å²) in [5, 5.41) is 2.70. The van der Waals surface area contributed by atoms with Gasteiger partial charge in [-0.05, 0) is 44.2 Å². The van der Waals surface area contributed by atoms with E-state index >= 15 is 0 Å². The summed E-state index contributed by atoms with van der Waals surface area (Å²) in [4.78, 5) is 23.4. The minimum atomic E-state index is -0.382. The first-order valence-corrected chi connectivity index (χ1v) is 6.24. The number of anilines is 1. The molecular formula is C15H15NO4. The highest BCUT2D eigenvalue weighted by Gasteiger charge is 2.13. The van der Waals surface area contributed by atoms with Crippen LogP contribution in [0.5, 0.6) is 0 Å². The molecular weight excluding hydrogens is 258 g/mol. The zero-order valence-corrected chi connectivity index (χ0v) is 11.3. The van der Waals surface area contributed by atoms with E-state index in [1.807, 2.05) is 0 Å². The Balaban J connectivity index is 2.06. The van der Waals surface area contributed by atoms with Gasteiger partial charge in [0, 0.05) is 11.3 Å². The van der Waals surface area contributed by atoms with Crippen LogP contribution in [0.25, 0.3) is 0 Å². The van der Waals surface area contributed by atoms with Gasteiger partial charge in [0.2, 0.25) is 0 Å². The molecule has 0 saturated heterocycles. The number of nitrogens with one attached hydrogen (secondary N) is 1. The van der Waals surface area contributed by atoms with E-state index in [1.54, 1.807) is 44.2 Å². The van der Waals surface area contributed by atoms with Crippen LogP contribution in [-0.2, 0) is 4.74 Å². The summed E-state index contributed by atoms with van der Waals surface area (Å²) in [5.74, 6) is -0.428. The number of hydrogen-bond acceptors (Lipinski definition) is 4. The first kappa shape index (κ1) is 13.9. The van der Waals surface area contributed by atoms with Crippen LogP contribution in [0.15, 0.2) is 41.0 Å². The molecule has 0 bridgehead atoms. The lowest BCUT2D eigenvalue weighted by Crippen LogP contribution is -2.12.